The number of halogens is 1. The van der Waals surface area contributed by atoms with Gasteiger partial charge in [-0.3, -0.25) is 0 Å². The molecule has 3 rings (SSSR count). The van der Waals surface area contributed by atoms with Gasteiger partial charge in [0.25, 0.3) is 0 Å². The summed E-state index contributed by atoms with van der Waals surface area (Å²) < 4.78 is 6.92. The number of rotatable bonds is 7. The Bertz CT molecular complexity index is 568. The van der Waals surface area contributed by atoms with Crippen LogP contribution in [0.1, 0.15) is 18.9 Å². The van der Waals surface area contributed by atoms with E-state index in [1.54, 1.807) is 0 Å². The maximum Gasteiger partial charge on any atom is 0.127 e. The summed E-state index contributed by atoms with van der Waals surface area (Å²) in [7, 11) is 0. The number of hydrogen-bond donors (Lipinski definition) is 1. The SMILES string of the molecule is CCN1CCN(CCCNCC2=Cc3cc(Br)ccc3OC2)CC1. The summed E-state index contributed by atoms with van der Waals surface area (Å²) in [6.45, 7) is 12.2. The van der Waals surface area contributed by atoms with E-state index in [0.29, 0.717) is 6.61 Å². The van der Waals surface area contributed by atoms with Gasteiger partial charge in [-0.2, -0.15) is 0 Å². The van der Waals surface area contributed by atoms with Gasteiger partial charge in [0.05, 0.1) is 0 Å². The molecule has 132 valence electrons. The molecular formula is C19H28BrN3O. The van der Waals surface area contributed by atoms with E-state index in [9.17, 15) is 0 Å². The molecule has 1 fully saturated rings. The van der Waals surface area contributed by atoms with Crippen molar-refractivity contribution >= 4 is 22.0 Å². The molecule has 0 amide bonds. The lowest BCUT2D eigenvalue weighted by molar-refractivity contribution is 0.136. The smallest absolute Gasteiger partial charge is 0.127 e. The highest BCUT2D eigenvalue weighted by Gasteiger charge is 2.15. The Balaban J connectivity index is 1.34. The van der Waals surface area contributed by atoms with E-state index < -0.39 is 0 Å². The predicted molar refractivity (Wildman–Crippen MR) is 104 cm³/mol. The van der Waals surface area contributed by atoms with Crippen LogP contribution in [0.15, 0.2) is 28.2 Å². The lowest BCUT2D eigenvalue weighted by Crippen LogP contribution is -2.46. The Morgan fingerprint density at radius 2 is 1.96 bits per heavy atom. The Morgan fingerprint density at radius 3 is 2.75 bits per heavy atom. The van der Waals surface area contributed by atoms with Crippen molar-refractivity contribution < 1.29 is 4.74 Å². The van der Waals surface area contributed by atoms with E-state index in [-0.39, 0.29) is 0 Å². The predicted octanol–water partition coefficient (Wildman–Crippen LogP) is 2.84. The van der Waals surface area contributed by atoms with Crippen LogP contribution in [0.5, 0.6) is 5.75 Å². The molecule has 0 unspecified atom stereocenters. The lowest BCUT2D eigenvalue weighted by atomic mass is 10.1. The molecule has 1 saturated heterocycles. The molecular weight excluding hydrogens is 366 g/mol. The number of fused-ring (bicyclic) bond motifs is 1. The number of nitrogens with zero attached hydrogens (tertiary/aromatic N) is 2. The molecule has 5 heteroatoms. The van der Waals surface area contributed by atoms with E-state index in [2.05, 4.69) is 50.1 Å². The number of piperazine rings is 1. The van der Waals surface area contributed by atoms with Crippen LogP contribution in [0, 0.1) is 0 Å². The van der Waals surface area contributed by atoms with E-state index in [1.165, 1.54) is 56.8 Å². The third-order valence-electron chi connectivity index (χ3n) is 4.84. The van der Waals surface area contributed by atoms with Crippen LogP contribution in [0.2, 0.25) is 0 Å². The fourth-order valence-corrected chi connectivity index (χ4v) is 3.68. The summed E-state index contributed by atoms with van der Waals surface area (Å²) in [5.74, 6) is 0.980. The van der Waals surface area contributed by atoms with E-state index >= 15 is 0 Å². The summed E-state index contributed by atoms with van der Waals surface area (Å²) in [5.41, 5.74) is 2.48. The van der Waals surface area contributed by atoms with Crippen LogP contribution >= 0.6 is 15.9 Å². The van der Waals surface area contributed by atoms with Crippen LogP contribution in [0.25, 0.3) is 6.08 Å². The molecule has 1 aromatic rings. The number of hydrogen-bond acceptors (Lipinski definition) is 4. The van der Waals surface area contributed by atoms with E-state index in [0.717, 1.165) is 23.3 Å². The number of likely N-dealkylation sites (N-methyl/N-ethyl adjacent to an activating group) is 1. The molecule has 0 radical (unpaired) electrons. The second kappa shape index (κ2) is 8.99. The van der Waals surface area contributed by atoms with E-state index in [1.807, 2.05) is 12.1 Å². The van der Waals surface area contributed by atoms with Gasteiger partial charge in [0.15, 0.2) is 0 Å². The van der Waals surface area contributed by atoms with Crippen molar-refractivity contribution in [2.45, 2.75) is 13.3 Å². The van der Waals surface area contributed by atoms with Gasteiger partial charge in [-0.05, 0) is 55.9 Å². The molecule has 0 aromatic heterocycles. The van der Waals surface area contributed by atoms with Crippen LogP contribution in [0.4, 0.5) is 0 Å². The summed E-state index contributed by atoms with van der Waals surface area (Å²) in [5, 5.41) is 3.56. The monoisotopic (exact) mass is 393 g/mol. The first-order valence-electron chi connectivity index (χ1n) is 9.02. The van der Waals surface area contributed by atoms with Crippen molar-refractivity contribution in [2.75, 3.05) is 59.0 Å². The van der Waals surface area contributed by atoms with Crippen molar-refractivity contribution in [1.82, 2.24) is 15.1 Å². The molecule has 24 heavy (non-hydrogen) atoms. The van der Waals surface area contributed by atoms with Crippen LogP contribution in [-0.4, -0.2) is 68.8 Å². The van der Waals surface area contributed by atoms with Gasteiger partial charge in [-0.15, -0.1) is 0 Å². The summed E-state index contributed by atoms with van der Waals surface area (Å²) in [6, 6.07) is 6.17. The Labute approximate surface area is 154 Å². The Kier molecular flexibility index (Phi) is 6.72. The number of benzene rings is 1. The maximum absolute atomic E-state index is 5.82. The average molecular weight is 394 g/mol. The van der Waals surface area contributed by atoms with Crippen LogP contribution in [0.3, 0.4) is 0 Å². The van der Waals surface area contributed by atoms with E-state index in [4.69, 9.17) is 4.74 Å². The first kappa shape index (κ1) is 17.9. The van der Waals surface area contributed by atoms with Gasteiger partial charge in [0.1, 0.15) is 12.4 Å². The van der Waals surface area contributed by atoms with Crippen molar-refractivity contribution in [2.24, 2.45) is 0 Å². The minimum atomic E-state index is 0.695. The van der Waals surface area contributed by atoms with Gasteiger partial charge in [0.2, 0.25) is 0 Å². The maximum atomic E-state index is 5.82. The van der Waals surface area contributed by atoms with Gasteiger partial charge < -0.3 is 19.9 Å². The highest BCUT2D eigenvalue weighted by Crippen LogP contribution is 2.28. The van der Waals surface area contributed by atoms with Crippen LogP contribution in [-0.2, 0) is 0 Å². The quantitative estimate of drug-likeness (QED) is 0.720. The van der Waals surface area contributed by atoms with Gasteiger partial charge >= 0.3 is 0 Å². The topological polar surface area (TPSA) is 27.7 Å². The lowest BCUT2D eigenvalue weighted by Gasteiger charge is -2.34. The molecule has 2 aliphatic heterocycles. The van der Waals surface area contributed by atoms with Crippen molar-refractivity contribution in [3.05, 3.63) is 33.8 Å². The molecule has 0 bridgehead atoms. The minimum Gasteiger partial charge on any atom is -0.489 e. The number of nitrogens with one attached hydrogen (secondary N) is 1. The number of ether oxygens (including phenoxy) is 1. The molecule has 0 spiro atoms. The Hall–Kier alpha value is -0.880. The Morgan fingerprint density at radius 1 is 1.17 bits per heavy atom. The molecule has 1 aromatic carbocycles. The molecule has 2 aliphatic rings. The third kappa shape index (κ3) is 5.06. The largest absolute Gasteiger partial charge is 0.489 e. The average Bonchev–Trinajstić information content (AvgIpc) is 2.61. The van der Waals surface area contributed by atoms with Crippen LogP contribution < -0.4 is 10.1 Å². The van der Waals surface area contributed by atoms with Crippen molar-refractivity contribution in [1.29, 1.82) is 0 Å². The fourth-order valence-electron chi connectivity index (χ4n) is 3.30. The zero-order chi connectivity index (χ0) is 16.8. The molecule has 2 heterocycles. The summed E-state index contributed by atoms with van der Waals surface area (Å²) in [6.07, 6.45) is 3.46. The third-order valence-corrected chi connectivity index (χ3v) is 5.33. The first-order valence-corrected chi connectivity index (χ1v) is 9.81. The second-order valence-electron chi connectivity index (χ2n) is 6.58. The highest BCUT2D eigenvalue weighted by atomic mass is 79.9. The molecule has 0 atom stereocenters. The second-order valence-corrected chi connectivity index (χ2v) is 7.50. The molecule has 0 aliphatic carbocycles. The summed E-state index contributed by atoms with van der Waals surface area (Å²) >= 11 is 3.52. The molecule has 0 saturated carbocycles. The normalized spacial score (nSPS) is 18.8. The first-order chi connectivity index (χ1) is 11.7. The van der Waals surface area contributed by atoms with Gasteiger partial charge in [0, 0.05) is 42.8 Å². The van der Waals surface area contributed by atoms with Crippen molar-refractivity contribution in [3.63, 3.8) is 0 Å². The molecule has 4 nitrogen and oxygen atoms in total. The van der Waals surface area contributed by atoms with Crippen molar-refractivity contribution in [3.8, 4) is 5.75 Å². The highest BCUT2D eigenvalue weighted by molar-refractivity contribution is 9.10. The zero-order valence-corrected chi connectivity index (χ0v) is 16.1. The summed E-state index contributed by atoms with van der Waals surface area (Å²) in [4.78, 5) is 5.12. The fraction of sp³-hybridized carbons (Fsp3) is 0.579. The molecule has 1 N–H and O–H groups in total. The van der Waals surface area contributed by atoms with Gasteiger partial charge in [-0.25, -0.2) is 0 Å². The van der Waals surface area contributed by atoms with Gasteiger partial charge in [-0.1, -0.05) is 22.9 Å². The zero-order valence-electron chi connectivity index (χ0n) is 14.6. The standard InChI is InChI=1S/C19H28BrN3O/c1-2-22-8-10-23(11-9-22)7-3-6-21-14-16-12-17-13-18(20)4-5-19(17)24-15-16/h4-5,12-13,21H,2-3,6-11,14-15H2,1H3. The minimum absolute atomic E-state index is 0.695.